The van der Waals surface area contributed by atoms with E-state index in [2.05, 4.69) is 28.7 Å². The summed E-state index contributed by atoms with van der Waals surface area (Å²) in [6, 6.07) is 9.10. The van der Waals surface area contributed by atoms with Crippen molar-refractivity contribution < 1.29 is 4.39 Å². The number of hydrogen-bond acceptors (Lipinski definition) is 3. The van der Waals surface area contributed by atoms with Crippen LogP contribution in [0.25, 0.3) is 0 Å². The third kappa shape index (κ3) is 3.66. The number of thiophene rings is 1. The van der Waals surface area contributed by atoms with Crippen molar-refractivity contribution in [3.8, 4) is 0 Å². The first-order valence-corrected chi connectivity index (χ1v) is 7.78. The van der Waals surface area contributed by atoms with Gasteiger partial charge in [0.15, 0.2) is 0 Å². The summed E-state index contributed by atoms with van der Waals surface area (Å²) in [5.74, 6) is -0.192. The SMILES string of the molecule is CCC(N)C(c1ccsc1)N(C)Cc1cccc(F)c1. The molecule has 0 saturated heterocycles. The number of benzene rings is 1. The Kier molecular flexibility index (Phi) is 5.29. The van der Waals surface area contributed by atoms with Crippen molar-refractivity contribution in [3.63, 3.8) is 0 Å². The van der Waals surface area contributed by atoms with Gasteiger partial charge in [0.1, 0.15) is 5.82 Å². The maximum absolute atomic E-state index is 13.3. The van der Waals surface area contributed by atoms with Gasteiger partial charge in [-0.05, 0) is 53.6 Å². The van der Waals surface area contributed by atoms with Crippen LogP contribution in [0.4, 0.5) is 4.39 Å². The molecule has 2 N–H and O–H groups in total. The molecule has 1 aromatic heterocycles. The molecular weight excluding hydrogens is 271 g/mol. The largest absolute Gasteiger partial charge is 0.326 e. The first kappa shape index (κ1) is 15.2. The van der Waals surface area contributed by atoms with Crippen molar-refractivity contribution in [2.75, 3.05) is 7.05 Å². The third-order valence-corrected chi connectivity index (χ3v) is 4.26. The molecule has 0 spiro atoms. The summed E-state index contributed by atoms with van der Waals surface area (Å²) < 4.78 is 13.3. The highest BCUT2D eigenvalue weighted by atomic mass is 32.1. The molecule has 1 heterocycles. The Balaban J connectivity index is 2.17. The monoisotopic (exact) mass is 292 g/mol. The molecule has 0 saturated carbocycles. The molecule has 20 heavy (non-hydrogen) atoms. The van der Waals surface area contributed by atoms with E-state index < -0.39 is 0 Å². The second-order valence-electron chi connectivity index (χ2n) is 5.12. The zero-order valence-electron chi connectivity index (χ0n) is 11.9. The van der Waals surface area contributed by atoms with Crippen LogP contribution in [0.2, 0.25) is 0 Å². The van der Waals surface area contributed by atoms with Gasteiger partial charge < -0.3 is 5.73 Å². The fourth-order valence-corrected chi connectivity index (χ4v) is 3.21. The fourth-order valence-electron chi connectivity index (χ4n) is 2.52. The highest BCUT2D eigenvalue weighted by Gasteiger charge is 2.23. The van der Waals surface area contributed by atoms with Crippen molar-refractivity contribution in [2.24, 2.45) is 5.73 Å². The molecule has 2 aromatic rings. The fraction of sp³-hybridized carbons (Fsp3) is 0.375. The van der Waals surface area contributed by atoms with Crippen LogP contribution < -0.4 is 5.73 Å². The molecule has 0 aliphatic carbocycles. The van der Waals surface area contributed by atoms with Crippen LogP contribution >= 0.6 is 11.3 Å². The van der Waals surface area contributed by atoms with Gasteiger partial charge in [0.05, 0.1) is 6.04 Å². The quantitative estimate of drug-likeness (QED) is 0.877. The third-order valence-electron chi connectivity index (χ3n) is 3.56. The van der Waals surface area contributed by atoms with Gasteiger partial charge in [0.25, 0.3) is 0 Å². The van der Waals surface area contributed by atoms with Crippen LogP contribution in [0.1, 0.15) is 30.5 Å². The average Bonchev–Trinajstić information content (AvgIpc) is 2.92. The van der Waals surface area contributed by atoms with Gasteiger partial charge in [-0.2, -0.15) is 11.3 Å². The lowest BCUT2D eigenvalue weighted by Gasteiger charge is -2.32. The van der Waals surface area contributed by atoms with Gasteiger partial charge in [0, 0.05) is 12.6 Å². The summed E-state index contributed by atoms with van der Waals surface area (Å²) in [6.07, 6.45) is 0.911. The summed E-state index contributed by atoms with van der Waals surface area (Å²) in [4.78, 5) is 2.20. The Hall–Kier alpha value is -1.23. The van der Waals surface area contributed by atoms with Gasteiger partial charge in [0.2, 0.25) is 0 Å². The summed E-state index contributed by atoms with van der Waals surface area (Å²) in [5.41, 5.74) is 8.49. The van der Waals surface area contributed by atoms with Crippen molar-refractivity contribution in [3.05, 3.63) is 58.0 Å². The zero-order valence-corrected chi connectivity index (χ0v) is 12.7. The molecule has 0 amide bonds. The Bertz CT molecular complexity index is 527. The summed E-state index contributed by atoms with van der Waals surface area (Å²) >= 11 is 1.68. The predicted molar refractivity (Wildman–Crippen MR) is 83.2 cm³/mol. The molecule has 0 aliphatic heterocycles. The number of halogens is 1. The van der Waals surface area contributed by atoms with E-state index in [1.165, 1.54) is 11.6 Å². The topological polar surface area (TPSA) is 29.3 Å². The standard InChI is InChI=1S/C16H21FN2S/c1-3-15(18)16(13-7-8-20-11-13)19(2)10-12-5-4-6-14(17)9-12/h4-9,11,15-16H,3,10,18H2,1-2H3. The van der Waals surface area contributed by atoms with Crippen molar-refractivity contribution >= 4 is 11.3 Å². The summed E-state index contributed by atoms with van der Waals surface area (Å²) in [5, 5.41) is 4.21. The highest BCUT2D eigenvalue weighted by Crippen LogP contribution is 2.27. The normalized spacial score (nSPS) is 14.4. The Labute approximate surface area is 124 Å². The molecule has 2 rings (SSSR count). The maximum Gasteiger partial charge on any atom is 0.123 e. The van der Waals surface area contributed by atoms with E-state index in [1.54, 1.807) is 23.5 Å². The molecule has 0 aliphatic rings. The highest BCUT2D eigenvalue weighted by molar-refractivity contribution is 7.07. The minimum absolute atomic E-state index is 0.0724. The summed E-state index contributed by atoms with van der Waals surface area (Å²) in [6.45, 7) is 2.78. The average molecular weight is 292 g/mol. The number of hydrogen-bond donors (Lipinski definition) is 1. The van der Waals surface area contributed by atoms with Crippen molar-refractivity contribution in [2.45, 2.75) is 32.0 Å². The van der Waals surface area contributed by atoms with E-state index in [4.69, 9.17) is 5.73 Å². The van der Waals surface area contributed by atoms with Gasteiger partial charge in [-0.3, -0.25) is 4.90 Å². The van der Waals surface area contributed by atoms with Crippen LogP contribution in [-0.4, -0.2) is 18.0 Å². The smallest absolute Gasteiger partial charge is 0.123 e. The molecule has 0 radical (unpaired) electrons. The maximum atomic E-state index is 13.3. The molecule has 2 unspecified atom stereocenters. The van der Waals surface area contributed by atoms with E-state index in [9.17, 15) is 4.39 Å². The molecule has 0 fully saturated rings. The second kappa shape index (κ2) is 6.97. The van der Waals surface area contributed by atoms with E-state index >= 15 is 0 Å². The molecule has 108 valence electrons. The Morgan fingerprint density at radius 2 is 2.15 bits per heavy atom. The number of nitrogens with two attached hydrogens (primary N) is 1. The van der Waals surface area contributed by atoms with E-state index in [0.717, 1.165) is 12.0 Å². The molecular formula is C16H21FN2S. The Morgan fingerprint density at radius 1 is 1.35 bits per heavy atom. The first-order valence-electron chi connectivity index (χ1n) is 6.84. The van der Waals surface area contributed by atoms with Gasteiger partial charge in [-0.15, -0.1) is 0 Å². The predicted octanol–water partition coefficient (Wildman–Crippen LogP) is 3.80. The first-order chi connectivity index (χ1) is 9.61. The minimum atomic E-state index is -0.192. The molecule has 2 atom stereocenters. The molecule has 4 heteroatoms. The van der Waals surface area contributed by atoms with Crippen LogP contribution in [0.5, 0.6) is 0 Å². The van der Waals surface area contributed by atoms with Gasteiger partial charge >= 0.3 is 0 Å². The van der Waals surface area contributed by atoms with Crippen LogP contribution in [0.3, 0.4) is 0 Å². The second-order valence-corrected chi connectivity index (χ2v) is 5.90. The number of nitrogens with zero attached hydrogens (tertiary/aromatic N) is 1. The van der Waals surface area contributed by atoms with Gasteiger partial charge in [-0.25, -0.2) is 4.39 Å². The zero-order chi connectivity index (χ0) is 14.5. The molecule has 1 aromatic carbocycles. The molecule has 0 bridgehead atoms. The van der Waals surface area contributed by atoms with E-state index in [0.29, 0.717) is 6.54 Å². The van der Waals surface area contributed by atoms with E-state index in [1.807, 2.05) is 13.1 Å². The minimum Gasteiger partial charge on any atom is -0.326 e. The van der Waals surface area contributed by atoms with E-state index in [-0.39, 0.29) is 17.9 Å². The summed E-state index contributed by atoms with van der Waals surface area (Å²) in [7, 11) is 2.04. The lowest BCUT2D eigenvalue weighted by molar-refractivity contribution is 0.202. The van der Waals surface area contributed by atoms with Crippen LogP contribution in [0.15, 0.2) is 41.1 Å². The lowest BCUT2D eigenvalue weighted by Crippen LogP contribution is -2.38. The number of rotatable bonds is 6. The van der Waals surface area contributed by atoms with Crippen LogP contribution in [-0.2, 0) is 6.54 Å². The van der Waals surface area contributed by atoms with Gasteiger partial charge in [-0.1, -0.05) is 19.1 Å². The van der Waals surface area contributed by atoms with Crippen molar-refractivity contribution in [1.29, 1.82) is 0 Å². The van der Waals surface area contributed by atoms with Crippen LogP contribution in [0, 0.1) is 5.82 Å². The Morgan fingerprint density at radius 3 is 2.75 bits per heavy atom. The molecule has 2 nitrogen and oxygen atoms in total. The lowest BCUT2D eigenvalue weighted by atomic mass is 9.98. The van der Waals surface area contributed by atoms with Crippen molar-refractivity contribution in [1.82, 2.24) is 4.90 Å². The number of likely N-dealkylation sites (N-methyl/N-ethyl adjacent to an activating group) is 1.